The number of halogens is 2. The van der Waals surface area contributed by atoms with Gasteiger partial charge in [0.1, 0.15) is 12.4 Å². The molecular formula is C24H19BrClNO6. The molecular weight excluding hydrogens is 514 g/mol. The Bertz CT molecular complexity index is 1180. The fourth-order valence-corrected chi connectivity index (χ4v) is 3.57. The van der Waals surface area contributed by atoms with Crippen LogP contribution in [0, 0.1) is 10.1 Å². The first-order chi connectivity index (χ1) is 15.9. The van der Waals surface area contributed by atoms with Crippen molar-refractivity contribution >= 4 is 45.3 Å². The van der Waals surface area contributed by atoms with Crippen molar-refractivity contribution in [3.8, 4) is 17.2 Å². The van der Waals surface area contributed by atoms with Gasteiger partial charge < -0.3 is 14.2 Å². The van der Waals surface area contributed by atoms with E-state index in [4.69, 9.17) is 25.8 Å². The predicted octanol–water partition coefficient (Wildman–Crippen LogP) is 6.61. The van der Waals surface area contributed by atoms with E-state index in [1.807, 2.05) is 25.1 Å². The first-order valence-corrected chi connectivity index (χ1v) is 11.0. The number of rotatable bonds is 9. The molecule has 0 fully saturated rings. The van der Waals surface area contributed by atoms with E-state index in [2.05, 4.69) is 15.9 Å². The predicted molar refractivity (Wildman–Crippen MR) is 129 cm³/mol. The lowest BCUT2D eigenvalue weighted by Crippen LogP contribution is -2.04. The Morgan fingerprint density at radius 3 is 2.52 bits per heavy atom. The third-order valence-corrected chi connectivity index (χ3v) is 5.30. The molecule has 33 heavy (non-hydrogen) atoms. The van der Waals surface area contributed by atoms with Crippen LogP contribution < -0.4 is 14.2 Å². The van der Waals surface area contributed by atoms with Crippen molar-refractivity contribution in [1.82, 2.24) is 0 Å². The highest BCUT2D eigenvalue weighted by Crippen LogP contribution is 2.38. The lowest BCUT2D eigenvalue weighted by Gasteiger charge is -2.15. The van der Waals surface area contributed by atoms with E-state index in [1.54, 1.807) is 24.3 Å². The van der Waals surface area contributed by atoms with Crippen LogP contribution in [0.1, 0.15) is 18.1 Å². The number of ether oxygens (including phenoxy) is 3. The van der Waals surface area contributed by atoms with Crippen LogP contribution in [0.4, 0.5) is 5.69 Å². The van der Waals surface area contributed by atoms with E-state index in [-0.39, 0.29) is 18.0 Å². The van der Waals surface area contributed by atoms with Gasteiger partial charge in [-0.2, -0.15) is 0 Å². The highest BCUT2D eigenvalue weighted by atomic mass is 79.9. The standard InChI is InChI=1S/C24H19BrClNO6/c1-2-31-22-14-16(7-12-23(28)33-19-10-8-18(9-11-19)27(29)30)13-20(25)24(22)32-15-17-5-3-4-6-21(17)26/h3-14H,2,15H2,1H3/b12-7+. The second kappa shape index (κ2) is 11.5. The molecule has 0 aromatic heterocycles. The minimum atomic E-state index is -0.628. The van der Waals surface area contributed by atoms with E-state index in [1.165, 1.54) is 30.3 Å². The molecule has 0 saturated heterocycles. The number of esters is 1. The van der Waals surface area contributed by atoms with Crippen molar-refractivity contribution in [2.75, 3.05) is 6.61 Å². The zero-order valence-corrected chi connectivity index (χ0v) is 19.8. The van der Waals surface area contributed by atoms with Crippen LogP contribution in [0.3, 0.4) is 0 Å². The summed E-state index contributed by atoms with van der Waals surface area (Å²) in [6, 6.07) is 16.2. The van der Waals surface area contributed by atoms with Gasteiger partial charge in [-0.05, 0) is 64.8 Å². The lowest BCUT2D eigenvalue weighted by molar-refractivity contribution is -0.384. The third-order valence-electron chi connectivity index (χ3n) is 4.34. The van der Waals surface area contributed by atoms with Crippen LogP contribution in [-0.2, 0) is 11.4 Å². The SMILES string of the molecule is CCOc1cc(/C=C/C(=O)Oc2ccc([N+](=O)[O-])cc2)cc(Br)c1OCc1ccccc1Cl. The quantitative estimate of drug-likeness (QED) is 0.101. The van der Waals surface area contributed by atoms with E-state index in [0.29, 0.717) is 33.2 Å². The fraction of sp³-hybridized carbons (Fsp3) is 0.125. The molecule has 0 radical (unpaired) electrons. The maximum atomic E-state index is 12.1. The molecule has 3 aromatic carbocycles. The van der Waals surface area contributed by atoms with Gasteiger partial charge in [-0.3, -0.25) is 10.1 Å². The van der Waals surface area contributed by atoms with E-state index in [0.717, 1.165) is 5.56 Å². The zero-order chi connectivity index (χ0) is 23.8. The highest BCUT2D eigenvalue weighted by molar-refractivity contribution is 9.10. The molecule has 0 spiro atoms. The summed E-state index contributed by atoms with van der Waals surface area (Å²) in [4.78, 5) is 22.3. The second-order valence-corrected chi connectivity index (χ2v) is 7.91. The molecule has 0 N–H and O–H groups in total. The highest BCUT2D eigenvalue weighted by Gasteiger charge is 2.13. The summed E-state index contributed by atoms with van der Waals surface area (Å²) in [5, 5.41) is 11.3. The average molecular weight is 533 g/mol. The van der Waals surface area contributed by atoms with Crippen LogP contribution >= 0.6 is 27.5 Å². The number of nitro groups is 1. The summed E-state index contributed by atoms with van der Waals surface area (Å²) >= 11 is 9.70. The number of carbonyl (C=O) groups is 1. The Balaban J connectivity index is 1.72. The molecule has 0 unspecified atom stereocenters. The van der Waals surface area contributed by atoms with Gasteiger partial charge in [-0.25, -0.2) is 4.79 Å². The normalized spacial score (nSPS) is 10.8. The molecule has 170 valence electrons. The molecule has 0 amide bonds. The summed E-state index contributed by atoms with van der Waals surface area (Å²) < 4.78 is 17.5. The molecule has 0 aliphatic carbocycles. The zero-order valence-electron chi connectivity index (χ0n) is 17.5. The van der Waals surface area contributed by atoms with E-state index in [9.17, 15) is 14.9 Å². The number of nitrogens with zero attached hydrogens (tertiary/aromatic N) is 1. The summed E-state index contributed by atoms with van der Waals surface area (Å²) in [7, 11) is 0. The van der Waals surface area contributed by atoms with Crippen molar-refractivity contribution in [1.29, 1.82) is 0 Å². The van der Waals surface area contributed by atoms with Gasteiger partial charge in [0.25, 0.3) is 5.69 Å². The van der Waals surface area contributed by atoms with Crippen LogP contribution in [-0.4, -0.2) is 17.5 Å². The summed E-state index contributed by atoms with van der Waals surface area (Å²) in [5.74, 6) is 0.594. The molecule has 0 aliphatic heterocycles. The average Bonchev–Trinajstić information content (AvgIpc) is 2.79. The summed E-state index contributed by atoms with van der Waals surface area (Å²) in [6.45, 7) is 2.54. The van der Waals surface area contributed by atoms with Crippen molar-refractivity contribution in [3.05, 3.63) is 97.5 Å². The van der Waals surface area contributed by atoms with Gasteiger partial charge in [-0.15, -0.1) is 0 Å². The van der Waals surface area contributed by atoms with Crippen LogP contribution in [0.2, 0.25) is 5.02 Å². The summed E-state index contributed by atoms with van der Waals surface area (Å²) in [6.07, 6.45) is 2.82. The minimum absolute atomic E-state index is 0.0875. The van der Waals surface area contributed by atoms with Crippen molar-refractivity contribution in [3.63, 3.8) is 0 Å². The van der Waals surface area contributed by atoms with Gasteiger partial charge >= 0.3 is 5.97 Å². The topological polar surface area (TPSA) is 87.9 Å². The molecule has 0 atom stereocenters. The Morgan fingerprint density at radius 1 is 1.12 bits per heavy atom. The molecule has 3 rings (SSSR count). The Morgan fingerprint density at radius 2 is 1.85 bits per heavy atom. The number of carbonyl (C=O) groups excluding carboxylic acids is 1. The first kappa shape index (κ1) is 24.3. The van der Waals surface area contributed by atoms with E-state index >= 15 is 0 Å². The molecule has 0 aliphatic rings. The smallest absolute Gasteiger partial charge is 0.336 e. The lowest BCUT2D eigenvalue weighted by atomic mass is 10.2. The first-order valence-electron chi connectivity index (χ1n) is 9.84. The van der Waals surface area contributed by atoms with Crippen molar-refractivity contribution in [2.24, 2.45) is 0 Å². The molecule has 7 nitrogen and oxygen atoms in total. The van der Waals surface area contributed by atoms with E-state index < -0.39 is 10.9 Å². The van der Waals surface area contributed by atoms with Gasteiger partial charge in [0.15, 0.2) is 11.5 Å². The third kappa shape index (κ3) is 6.81. The molecule has 3 aromatic rings. The maximum Gasteiger partial charge on any atom is 0.336 e. The Kier molecular flexibility index (Phi) is 8.46. The second-order valence-electron chi connectivity index (χ2n) is 6.65. The monoisotopic (exact) mass is 531 g/mol. The van der Waals surface area contributed by atoms with Crippen LogP contribution in [0.5, 0.6) is 17.2 Å². The maximum absolute atomic E-state index is 12.1. The van der Waals surface area contributed by atoms with Crippen LogP contribution in [0.25, 0.3) is 6.08 Å². The number of hydrogen-bond acceptors (Lipinski definition) is 6. The molecule has 0 bridgehead atoms. The fourth-order valence-electron chi connectivity index (χ4n) is 2.80. The number of non-ortho nitro benzene ring substituents is 1. The largest absolute Gasteiger partial charge is 0.490 e. The van der Waals surface area contributed by atoms with Gasteiger partial charge in [-0.1, -0.05) is 29.8 Å². The molecule has 9 heteroatoms. The molecule has 0 saturated carbocycles. The number of hydrogen-bond donors (Lipinski definition) is 0. The van der Waals surface area contributed by atoms with Crippen molar-refractivity contribution in [2.45, 2.75) is 13.5 Å². The van der Waals surface area contributed by atoms with Gasteiger partial charge in [0, 0.05) is 28.8 Å². The van der Waals surface area contributed by atoms with Crippen LogP contribution in [0.15, 0.2) is 71.2 Å². The van der Waals surface area contributed by atoms with Gasteiger partial charge in [0.05, 0.1) is 16.0 Å². The van der Waals surface area contributed by atoms with Crippen molar-refractivity contribution < 1.29 is 23.9 Å². The molecule has 0 heterocycles. The summed E-state index contributed by atoms with van der Waals surface area (Å²) in [5.41, 5.74) is 1.43. The number of nitro benzene ring substituents is 1. The Labute approximate surface area is 203 Å². The minimum Gasteiger partial charge on any atom is -0.490 e. The number of benzene rings is 3. The Hall–Kier alpha value is -3.36. The van der Waals surface area contributed by atoms with Gasteiger partial charge in [0.2, 0.25) is 0 Å².